The van der Waals surface area contributed by atoms with Crippen molar-refractivity contribution in [2.75, 3.05) is 13.1 Å². The van der Waals surface area contributed by atoms with Crippen LogP contribution in [0.2, 0.25) is 0 Å². The molecule has 1 aliphatic heterocycles. The van der Waals surface area contributed by atoms with Gasteiger partial charge in [-0.05, 0) is 31.0 Å². The van der Waals surface area contributed by atoms with Gasteiger partial charge >= 0.3 is 0 Å². The maximum Gasteiger partial charge on any atom is 0.237 e. The van der Waals surface area contributed by atoms with E-state index in [2.05, 4.69) is 43.3 Å². The quantitative estimate of drug-likeness (QED) is 0.888. The van der Waals surface area contributed by atoms with E-state index in [-0.39, 0.29) is 11.9 Å². The van der Waals surface area contributed by atoms with E-state index < -0.39 is 0 Å². The van der Waals surface area contributed by atoms with Gasteiger partial charge < -0.3 is 15.2 Å². The Hall–Kier alpha value is -1.40. The molecule has 21 heavy (non-hydrogen) atoms. The van der Waals surface area contributed by atoms with Crippen LogP contribution in [0.5, 0.6) is 0 Å². The number of hydrogen-bond donors (Lipinski definition) is 2. The van der Waals surface area contributed by atoms with Crippen LogP contribution in [0.25, 0.3) is 11.0 Å². The first-order valence-corrected chi connectivity index (χ1v) is 8.19. The molecule has 1 amide bonds. The monoisotopic (exact) mass is 348 g/mol. The Morgan fingerprint density at radius 1 is 1.33 bits per heavy atom. The lowest BCUT2D eigenvalue weighted by atomic mass is 10.1. The van der Waals surface area contributed by atoms with Gasteiger partial charge in [-0.3, -0.25) is 4.79 Å². The molecular weight excluding hydrogens is 332 g/mol. The zero-order valence-electron chi connectivity index (χ0n) is 11.6. The maximum atomic E-state index is 11.9. The predicted molar refractivity (Wildman–Crippen MR) is 84.2 cm³/mol. The maximum absolute atomic E-state index is 11.9. The molecule has 110 valence electrons. The van der Waals surface area contributed by atoms with Gasteiger partial charge in [-0.2, -0.15) is 0 Å². The summed E-state index contributed by atoms with van der Waals surface area (Å²) in [4.78, 5) is 16.7. The number of carbonyl (C=O) groups excluding carboxylic acids is 1. The Morgan fingerprint density at radius 2 is 2.19 bits per heavy atom. The van der Waals surface area contributed by atoms with Crippen LogP contribution < -0.4 is 10.6 Å². The third kappa shape index (κ3) is 2.46. The standard InChI is InChI=1S/C15H17BrN4O/c16-9-1-4-13-11(7-9)19-14(20(13)10-2-3-10)8-12-15(21)18-6-5-17-12/h1,4,7,10,12,17H,2-3,5-6,8H2,(H,18,21). The zero-order chi connectivity index (χ0) is 14.4. The molecule has 2 aliphatic rings. The Labute approximate surface area is 131 Å². The van der Waals surface area contributed by atoms with E-state index in [0.717, 1.165) is 22.4 Å². The molecule has 1 saturated heterocycles. The van der Waals surface area contributed by atoms with Crippen LogP contribution in [0, 0.1) is 0 Å². The number of nitrogens with zero attached hydrogens (tertiary/aromatic N) is 2. The van der Waals surface area contributed by atoms with Gasteiger partial charge in [-0.25, -0.2) is 4.98 Å². The Bertz CT molecular complexity index is 707. The summed E-state index contributed by atoms with van der Waals surface area (Å²) in [5.41, 5.74) is 2.18. The van der Waals surface area contributed by atoms with Crippen LogP contribution in [-0.2, 0) is 11.2 Å². The minimum absolute atomic E-state index is 0.0804. The van der Waals surface area contributed by atoms with E-state index in [0.29, 0.717) is 19.0 Å². The van der Waals surface area contributed by atoms with Crippen molar-refractivity contribution in [3.8, 4) is 0 Å². The van der Waals surface area contributed by atoms with Crippen LogP contribution in [0.4, 0.5) is 0 Å². The molecule has 0 spiro atoms. The number of carbonyl (C=O) groups is 1. The third-order valence-electron chi connectivity index (χ3n) is 4.15. The lowest BCUT2D eigenvalue weighted by Gasteiger charge is -2.23. The number of nitrogens with one attached hydrogen (secondary N) is 2. The molecule has 1 aliphatic carbocycles. The molecule has 2 aromatic rings. The predicted octanol–water partition coefficient (Wildman–Crippen LogP) is 1.76. The van der Waals surface area contributed by atoms with Crippen molar-refractivity contribution >= 4 is 32.9 Å². The number of hydrogen-bond acceptors (Lipinski definition) is 3. The topological polar surface area (TPSA) is 59.0 Å². The molecule has 5 nitrogen and oxygen atoms in total. The van der Waals surface area contributed by atoms with Crippen molar-refractivity contribution in [1.29, 1.82) is 0 Å². The highest BCUT2D eigenvalue weighted by Gasteiger charge is 2.31. The molecule has 2 N–H and O–H groups in total. The van der Waals surface area contributed by atoms with Gasteiger partial charge in [0.25, 0.3) is 0 Å². The third-order valence-corrected chi connectivity index (χ3v) is 4.65. The van der Waals surface area contributed by atoms with Crippen LogP contribution in [0.15, 0.2) is 22.7 Å². The average Bonchev–Trinajstić information content (AvgIpc) is 3.23. The molecule has 2 fully saturated rings. The van der Waals surface area contributed by atoms with E-state index in [1.165, 1.54) is 18.4 Å². The van der Waals surface area contributed by atoms with Gasteiger partial charge in [0.2, 0.25) is 5.91 Å². The van der Waals surface area contributed by atoms with E-state index in [9.17, 15) is 4.79 Å². The van der Waals surface area contributed by atoms with Crippen LogP contribution in [0.1, 0.15) is 24.7 Å². The number of aromatic nitrogens is 2. The minimum atomic E-state index is -0.170. The summed E-state index contributed by atoms with van der Waals surface area (Å²) >= 11 is 3.50. The number of rotatable bonds is 3. The second-order valence-corrected chi connectivity index (χ2v) is 6.68. The van der Waals surface area contributed by atoms with E-state index in [1.54, 1.807) is 0 Å². The van der Waals surface area contributed by atoms with E-state index in [4.69, 9.17) is 4.98 Å². The molecule has 1 aromatic heterocycles. The Kier molecular flexibility index (Phi) is 3.23. The molecule has 1 atom stereocenters. The second-order valence-electron chi connectivity index (χ2n) is 5.76. The summed E-state index contributed by atoms with van der Waals surface area (Å²) in [6, 6.07) is 6.60. The summed E-state index contributed by atoms with van der Waals surface area (Å²) in [5.74, 6) is 1.09. The molecule has 0 bridgehead atoms. The summed E-state index contributed by atoms with van der Waals surface area (Å²) < 4.78 is 3.36. The lowest BCUT2D eigenvalue weighted by Crippen LogP contribution is -2.54. The van der Waals surface area contributed by atoms with E-state index in [1.807, 2.05) is 6.07 Å². The highest BCUT2D eigenvalue weighted by Crippen LogP contribution is 2.39. The number of amides is 1. The summed E-state index contributed by atoms with van der Waals surface area (Å²) in [6.07, 6.45) is 3.06. The van der Waals surface area contributed by atoms with E-state index >= 15 is 0 Å². The van der Waals surface area contributed by atoms with Gasteiger partial charge in [0.1, 0.15) is 5.82 Å². The van der Waals surface area contributed by atoms with Gasteiger partial charge in [-0.15, -0.1) is 0 Å². The summed E-state index contributed by atoms with van der Waals surface area (Å²) in [6.45, 7) is 1.53. The van der Waals surface area contributed by atoms with Gasteiger partial charge in [0.05, 0.1) is 17.1 Å². The first-order valence-electron chi connectivity index (χ1n) is 7.40. The molecular formula is C15H17BrN4O. The van der Waals surface area contributed by atoms with Crippen LogP contribution >= 0.6 is 15.9 Å². The molecule has 1 unspecified atom stereocenters. The van der Waals surface area contributed by atoms with Crippen molar-refractivity contribution in [3.63, 3.8) is 0 Å². The zero-order valence-corrected chi connectivity index (χ0v) is 13.2. The van der Waals surface area contributed by atoms with Crippen molar-refractivity contribution < 1.29 is 4.79 Å². The van der Waals surface area contributed by atoms with Crippen molar-refractivity contribution in [2.24, 2.45) is 0 Å². The molecule has 1 saturated carbocycles. The minimum Gasteiger partial charge on any atom is -0.353 e. The molecule has 1 aromatic carbocycles. The van der Waals surface area contributed by atoms with Crippen molar-refractivity contribution in [3.05, 3.63) is 28.5 Å². The number of fused-ring (bicyclic) bond motifs is 1. The molecule has 2 heterocycles. The summed E-state index contributed by atoms with van der Waals surface area (Å²) in [5, 5.41) is 6.20. The second kappa shape index (κ2) is 5.10. The molecule has 4 rings (SSSR count). The fourth-order valence-electron chi connectivity index (χ4n) is 3.00. The van der Waals surface area contributed by atoms with Crippen molar-refractivity contribution in [1.82, 2.24) is 20.2 Å². The Morgan fingerprint density at radius 3 is 2.95 bits per heavy atom. The van der Waals surface area contributed by atoms with Crippen LogP contribution in [0.3, 0.4) is 0 Å². The van der Waals surface area contributed by atoms with Crippen molar-refractivity contribution in [2.45, 2.75) is 31.3 Å². The lowest BCUT2D eigenvalue weighted by molar-refractivity contribution is -0.124. The van der Waals surface area contributed by atoms with Crippen LogP contribution in [-0.4, -0.2) is 34.6 Å². The Balaban J connectivity index is 1.73. The van der Waals surface area contributed by atoms with Gasteiger partial charge in [-0.1, -0.05) is 15.9 Å². The first-order chi connectivity index (χ1) is 10.2. The smallest absolute Gasteiger partial charge is 0.237 e. The number of benzene rings is 1. The fourth-order valence-corrected chi connectivity index (χ4v) is 3.35. The molecule has 0 radical (unpaired) electrons. The first kappa shape index (κ1) is 13.3. The normalized spacial score (nSPS) is 22.5. The number of piperazine rings is 1. The summed E-state index contributed by atoms with van der Waals surface area (Å²) in [7, 11) is 0. The average molecular weight is 349 g/mol. The van der Waals surface area contributed by atoms with Gasteiger partial charge in [0.15, 0.2) is 0 Å². The highest BCUT2D eigenvalue weighted by atomic mass is 79.9. The fraction of sp³-hybridized carbons (Fsp3) is 0.467. The highest BCUT2D eigenvalue weighted by molar-refractivity contribution is 9.10. The van der Waals surface area contributed by atoms with Gasteiger partial charge in [0, 0.05) is 30.0 Å². The number of imidazole rings is 1. The molecule has 6 heteroatoms. The SMILES string of the molecule is O=C1NCCNC1Cc1nc2cc(Br)ccc2n1C1CC1. The number of halogens is 1. The largest absolute Gasteiger partial charge is 0.353 e.